The number of benzene rings is 1. The summed E-state index contributed by atoms with van der Waals surface area (Å²) in [4.78, 5) is 12.8. The first kappa shape index (κ1) is 14.8. The monoisotopic (exact) mass is 277 g/mol. The van der Waals surface area contributed by atoms with Gasteiger partial charge in [-0.1, -0.05) is 18.9 Å². The van der Waals surface area contributed by atoms with E-state index in [1.54, 1.807) is 18.2 Å². The van der Waals surface area contributed by atoms with Crippen LogP contribution in [0, 0.1) is 17.0 Å². The number of aryl methyl sites for hydroxylation is 1. The lowest BCUT2D eigenvalue weighted by molar-refractivity contribution is -0.384. The van der Waals surface area contributed by atoms with Crippen LogP contribution in [0.1, 0.15) is 31.2 Å². The molecule has 1 fully saturated rings. The van der Waals surface area contributed by atoms with Gasteiger partial charge in [-0.25, -0.2) is 0 Å². The van der Waals surface area contributed by atoms with Gasteiger partial charge in [-0.05, 0) is 39.4 Å². The van der Waals surface area contributed by atoms with Gasteiger partial charge >= 0.3 is 0 Å². The van der Waals surface area contributed by atoms with Crippen molar-refractivity contribution in [2.24, 2.45) is 0 Å². The van der Waals surface area contributed by atoms with Gasteiger partial charge in [0.05, 0.1) is 4.92 Å². The van der Waals surface area contributed by atoms with Crippen molar-refractivity contribution < 1.29 is 4.92 Å². The average Bonchev–Trinajstić information content (AvgIpc) is 2.87. The zero-order chi connectivity index (χ0) is 14.8. The first-order valence-electron chi connectivity index (χ1n) is 7.11. The molecule has 20 heavy (non-hydrogen) atoms. The van der Waals surface area contributed by atoms with Crippen molar-refractivity contribution in [2.75, 3.05) is 26.0 Å². The Morgan fingerprint density at radius 2 is 2.00 bits per heavy atom. The van der Waals surface area contributed by atoms with Gasteiger partial charge in [0.15, 0.2) is 0 Å². The molecule has 0 spiro atoms. The van der Waals surface area contributed by atoms with Crippen LogP contribution in [-0.2, 0) is 0 Å². The fraction of sp³-hybridized carbons (Fsp3) is 0.600. The molecule has 0 heterocycles. The molecule has 0 amide bonds. The number of nitrogens with zero attached hydrogens (tertiary/aromatic N) is 2. The van der Waals surface area contributed by atoms with E-state index in [1.165, 1.54) is 25.7 Å². The molecular formula is C15H23N3O2. The van der Waals surface area contributed by atoms with Gasteiger partial charge in [0.2, 0.25) is 0 Å². The van der Waals surface area contributed by atoms with Crippen molar-refractivity contribution in [1.82, 2.24) is 4.90 Å². The highest BCUT2D eigenvalue weighted by atomic mass is 16.6. The molecule has 1 aromatic rings. The number of nitro groups is 1. The first-order valence-corrected chi connectivity index (χ1v) is 7.11. The topological polar surface area (TPSA) is 58.4 Å². The lowest BCUT2D eigenvalue weighted by Crippen LogP contribution is -2.47. The maximum atomic E-state index is 10.9. The van der Waals surface area contributed by atoms with Crippen molar-refractivity contribution in [3.05, 3.63) is 33.9 Å². The van der Waals surface area contributed by atoms with Crippen molar-refractivity contribution in [2.45, 2.75) is 38.1 Å². The first-order chi connectivity index (χ1) is 9.44. The second kappa shape index (κ2) is 5.79. The molecule has 110 valence electrons. The van der Waals surface area contributed by atoms with E-state index in [4.69, 9.17) is 0 Å². The van der Waals surface area contributed by atoms with Crippen LogP contribution in [0.25, 0.3) is 0 Å². The van der Waals surface area contributed by atoms with Crippen LogP contribution in [-0.4, -0.2) is 36.0 Å². The minimum Gasteiger partial charge on any atom is -0.383 e. The Kier molecular flexibility index (Phi) is 4.28. The fourth-order valence-corrected chi connectivity index (χ4v) is 2.99. The summed E-state index contributed by atoms with van der Waals surface area (Å²) in [5.41, 5.74) is 2.23. The van der Waals surface area contributed by atoms with E-state index < -0.39 is 0 Å². The van der Waals surface area contributed by atoms with E-state index in [-0.39, 0.29) is 16.1 Å². The quantitative estimate of drug-likeness (QED) is 0.663. The minimum absolute atomic E-state index is 0.142. The Morgan fingerprint density at radius 1 is 1.35 bits per heavy atom. The van der Waals surface area contributed by atoms with Gasteiger partial charge in [0.1, 0.15) is 0 Å². The molecule has 0 atom stereocenters. The highest BCUT2D eigenvalue weighted by molar-refractivity contribution is 5.57. The third kappa shape index (κ3) is 2.93. The lowest BCUT2D eigenvalue weighted by Gasteiger charge is -2.37. The highest BCUT2D eigenvalue weighted by Crippen LogP contribution is 2.34. The van der Waals surface area contributed by atoms with E-state index in [9.17, 15) is 10.1 Å². The summed E-state index contributed by atoms with van der Waals surface area (Å²) in [5, 5.41) is 14.3. The molecular weight excluding hydrogens is 254 g/mol. The molecule has 5 nitrogen and oxygen atoms in total. The van der Waals surface area contributed by atoms with Crippen LogP contribution in [0.15, 0.2) is 18.2 Å². The van der Waals surface area contributed by atoms with E-state index in [2.05, 4.69) is 24.3 Å². The molecule has 1 N–H and O–H groups in total. The summed E-state index contributed by atoms with van der Waals surface area (Å²) in [6, 6.07) is 4.99. The number of hydrogen-bond acceptors (Lipinski definition) is 4. The zero-order valence-corrected chi connectivity index (χ0v) is 12.5. The van der Waals surface area contributed by atoms with Crippen LogP contribution in [0.2, 0.25) is 0 Å². The van der Waals surface area contributed by atoms with Crippen molar-refractivity contribution >= 4 is 11.4 Å². The van der Waals surface area contributed by atoms with Gasteiger partial charge in [0, 0.05) is 29.9 Å². The molecule has 0 aliphatic heterocycles. The molecule has 0 aromatic heterocycles. The van der Waals surface area contributed by atoms with Crippen molar-refractivity contribution in [3.63, 3.8) is 0 Å². The Balaban J connectivity index is 2.13. The maximum Gasteiger partial charge on any atom is 0.271 e. The van der Waals surface area contributed by atoms with Crippen LogP contribution in [0.4, 0.5) is 11.4 Å². The van der Waals surface area contributed by atoms with E-state index in [0.29, 0.717) is 0 Å². The third-order valence-electron chi connectivity index (χ3n) is 4.52. The van der Waals surface area contributed by atoms with Crippen LogP contribution < -0.4 is 5.32 Å². The summed E-state index contributed by atoms with van der Waals surface area (Å²) in [6.45, 7) is 2.81. The molecule has 2 rings (SSSR count). The number of anilines is 1. The third-order valence-corrected chi connectivity index (χ3v) is 4.52. The molecule has 1 saturated carbocycles. The number of nitro benzene ring substituents is 1. The predicted molar refractivity (Wildman–Crippen MR) is 81.2 cm³/mol. The number of nitrogens with one attached hydrogen (secondary N) is 1. The number of hydrogen-bond donors (Lipinski definition) is 1. The van der Waals surface area contributed by atoms with E-state index in [1.807, 2.05) is 6.92 Å². The van der Waals surface area contributed by atoms with E-state index in [0.717, 1.165) is 17.8 Å². The molecule has 0 radical (unpaired) electrons. The fourth-order valence-electron chi connectivity index (χ4n) is 2.99. The Hall–Kier alpha value is -1.62. The molecule has 0 unspecified atom stereocenters. The molecule has 1 aliphatic rings. The Labute approximate surface area is 120 Å². The van der Waals surface area contributed by atoms with Gasteiger partial charge in [-0.2, -0.15) is 0 Å². The number of likely N-dealkylation sites (N-methyl/N-ethyl adjacent to an activating group) is 1. The SMILES string of the molecule is Cc1ccc([N+](=O)[O-])cc1NCC1(N(C)C)CCCC1. The standard InChI is InChI=1S/C15H23N3O2/c1-12-6-7-13(18(19)20)10-14(12)16-11-15(17(2)3)8-4-5-9-15/h6-7,10,16H,4-5,8-9,11H2,1-3H3. The highest BCUT2D eigenvalue weighted by Gasteiger charge is 2.35. The normalized spacial score (nSPS) is 17.4. The molecule has 0 saturated heterocycles. The number of non-ortho nitro benzene ring substituents is 1. The van der Waals surface area contributed by atoms with Crippen molar-refractivity contribution in [1.29, 1.82) is 0 Å². The smallest absolute Gasteiger partial charge is 0.271 e. The van der Waals surface area contributed by atoms with E-state index >= 15 is 0 Å². The van der Waals surface area contributed by atoms with Crippen LogP contribution in [0.5, 0.6) is 0 Å². The summed E-state index contributed by atoms with van der Waals surface area (Å²) in [6.07, 6.45) is 4.88. The van der Waals surface area contributed by atoms with Crippen molar-refractivity contribution in [3.8, 4) is 0 Å². The summed E-state index contributed by atoms with van der Waals surface area (Å²) in [7, 11) is 4.24. The Bertz CT molecular complexity index is 494. The minimum atomic E-state index is -0.345. The van der Waals surface area contributed by atoms with Crippen LogP contribution in [0.3, 0.4) is 0 Å². The lowest BCUT2D eigenvalue weighted by atomic mass is 9.95. The summed E-state index contributed by atoms with van der Waals surface area (Å²) in [5.74, 6) is 0. The predicted octanol–water partition coefficient (Wildman–Crippen LogP) is 3.19. The van der Waals surface area contributed by atoms with Gasteiger partial charge in [-0.3, -0.25) is 10.1 Å². The number of rotatable bonds is 5. The zero-order valence-electron chi connectivity index (χ0n) is 12.5. The molecule has 0 bridgehead atoms. The van der Waals surface area contributed by atoms with Crippen LogP contribution >= 0.6 is 0 Å². The second-order valence-corrected chi connectivity index (χ2v) is 5.94. The molecule has 1 aromatic carbocycles. The molecule has 5 heteroatoms. The maximum absolute atomic E-state index is 10.9. The summed E-state index contributed by atoms with van der Waals surface area (Å²) < 4.78 is 0. The van der Waals surface area contributed by atoms with Gasteiger partial charge in [0.25, 0.3) is 5.69 Å². The summed E-state index contributed by atoms with van der Waals surface area (Å²) >= 11 is 0. The Morgan fingerprint density at radius 3 is 2.55 bits per heavy atom. The average molecular weight is 277 g/mol. The van der Waals surface area contributed by atoms with Gasteiger partial charge < -0.3 is 10.2 Å². The van der Waals surface area contributed by atoms with Gasteiger partial charge in [-0.15, -0.1) is 0 Å². The largest absolute Gasteiger partial charge is 0.383 e. The molecule has 1 aliphatic carbocycles. The second-order valence-electron chi connectivity index (χ2n) is 5.94.